The molecule has 1 N–H and O–H groups in total. The SMILES string of the molecule is CCNC(=O)C(C)N(Cc1c(Cl)cccc1Cl)C(=O)Cc1ccc(Cl)cc1Cl. The Morgan fingerprint density at radius 3 is 2.25 bits per heavy atom. The lowest BCUT2D eigenvalue weighted by Gasteiger charge is -2.29. The van der Waals surface area contributed by atoms with Crippen molar-refractivity contribution < 1.29 is 9.59 Å². The molecule has 2 rings (SSSR count). The van der Waals surface area contributed by atoms with Gasteiger partial charge in [0.05, 0.1) is 6.42 Å². The molecule has 0 spiro atoms. The first kappa shape index (κ1) is 22.8. The number of halogens is 4. The minimum absolute atomic E-state index is 0.0157. The molecule has 4 nitrogen and oxygen atoms in total. The van der Waals surface area contributed by atoms with Gasteiger partial charge in [-0.25, -0.2) is 0 Å². The fourth-order valence-corrected chi connectivity index (χ4v) is 3.68. The average molecular weight is 462 g/mol. The van der Waals surface area contributed by atoms with Crippen LogP contribution < -0.4 is 5.32 Å². The van der Waals surface area contributed by atoms with Crippen molar-refractivity contribution in [3.05, 3.63) is 67.6 Å². The summed E-state index contributed by atoms with van der Waals surface area (Å²) < 4.78 is 0. The summed E-state index contributed by atoms with van der Waals surface area (Å²) in [6.07, 6.45) is 0.0157. The summed E-state index contributed by atoms with van der Waals surface area (Å²) in [7, 11) is 0. The molecule has 0 aliphatic carbocycles. The Kier molecular flexibility index (Phi) is 8.44. The van der Waals surface area contributed by atoms with Gasteiger partial charge in [-0.2, -0.15) is 0 Å². The molecule has 1 unspecified atom stereocenters. The van der Waals surface area contributed by atoms with Crippen LogP contribution in [-0.4, -0.2) is 29.3 Å². The Hall–Kier alpha value is -1.46. The number of hydrogen-bond donors (Lipinski definition) is 1. The maximum Gasteiger partial charge on any atom is 0.242 e. The van der Waals surface area contributed by atoms with Crippen molar-refractivity contribution in [1.29, 1.82) is 0 Å². The topological polar surface area (TPSA) is 49.4 Å². The van der Waals surface area contributed by atoms with E-state index in [4.69, 9.17) is 46.4 Å². The Bertz CT molecular complexity index is 853. The van der Waals surface area contributed by atoms with E-state index in [1.807, 2.05) is 6.92 Å². The Morgan fingerprint density at radius 2 is 1.68 bits per heavy atom. The van der Waals surface area contributed by atoms with E-state index in [1.165, 1.54) is 4.90 Å². The highest BCUT2D eigenvalue weighted by molar-refractivity contribution is 6.36. The van der Waals surface area contributed by atoms with Crippen LogP contribution in [0.5, 0.6) is 0 Å². The maximum absolute atomic E-state index is 13.1. The second-order valence-electron chi connectivity index (χ2n) is 6.20. The van der Waals surface area contributed by atoms with Crippen LogP contribution in [0.2, 0.25) is 20.1 Å². The molecular formula is C20H20Cl4N2O2. The molecule has 0 aliphatic heterocycles. The zero-order valence-corrected chi connectivity index (χ0v) is 18.5. The first-order valence-corrected chi connectivity index (χ1v) is 10.2. The van der Waals surface area contributed by atoms with Gasteiger partial charge in [-0.05, 0) is 43.7 Å². The van der Waals surface area contributed by atoms with Crippen LogP contribution in [-0.2, 0) is 22.6 Å². The molecule has 0 bridgehead atoms. The van der Waals surface area contributed by atoms with Gasteiger partial charge in [0.15, 0.2) is 0 Å². The van der Waals surface area contributed by atoms with E-state index in [2.05, 4.69) is 5.32 Å². The van der Waals surface area contributed by atoms with E-state index in [1.54, 1.807) is 43.3 Å². The zero-order chi connectivity index (χ0) is 20.8. The molecule has 8 heteroatoms. The average Bonchev–Trinajstić information content (AvgIpc) is 2.63. The molecule has 0 heterocycles. The number of amides is 2. The van der Waals surface area contributed by atoms with E-state index in [0.29, 0.717) is 37.8 Å². The summed E-state index contributed by atoms with van der Waals surface area (Å²) in [5.74, 6) is -0.541. The zero-order valence-electron chi connectivity index (χ0n) is 15.4. The van der Waals surface area contributed by atoms with Crippen molar-refractivity contribution in [3.8, 4) is 0 Å². The molecular weight excluding hydrogens is 442 g/mol. The summed E-state index contributed by atoms with van der Waals surface area (Å²) in [6, 6.07) is 9.33. The van der Waals surface area contributed by atoms with E-state index in [-0.39, 0.29) is 24.8 Å². The third-order valence-electron chi connectivity index (χ3n) is 4.27. The first-order valence-electron chi connectivity index (χ1n) is 8.68. The van der Waals surface area contributed by atoms with Crippen molar-refractivity contribution in [1.82, 2.24) is 10.2 Å². The van der Waals surface area contributed by atoms with E-state index in [9.17, 15) is 9.59 Å². The number of carbonyl (C=O) groups is 2. The summed E-state index contributed by atoms with van der Waals surface area (Å²) in [5, 5.41) is 4.47. The molecule has 2 aromatic rings. The van der Waals surface area contributed by atoms with Gasteiger partial charge in [0, 0.05) is 38.7 Å². The molecule has 2 aromatic carbocycles. The largest absolute Gasteiger partial charge is 0.355 e. The van der Waals surface area contributed by atoms with Crippen molar-refractivity contribution >= 4 is 58.2 Å². The van der Waals surface area contributed by atoms with Crippen LogP contribution in [0.4, 0.5) is 0 Å². The van der Waals surface area contributed by atoms with Crippen LogP contribution in [0.1, 0.15) is 25.0 Å². The van der Waals surface area contributed by atoms with Gasteiger partial charge in [-0.15, -0.1) is 0 Å². The number of benzene rings is 2. The number of carbonyl (C=O) groups excluding carboxylic acids is 2. The predicted molar refractivity (Wildman–Crippen MR) is 115 cm³/mol. The molecule has 0 aromatic heterocycles. The minimum Gasteiger partial charge on any atom is -0.355 e. The summed E-state index contributed by atoms with van der Waals surface area (Å²) in [5.41, 5.74) is 1.20. The molecule has 1 atom stereocenters. The van der Waals surface area contributed by atoms with Gasteiger partial charge < -0.3 is 10.2 Å². The lowest BCUT2D eigenvalue weighted by atomic mass is 10.1. The van der Waals surface area contributed by atoms with E-state index >= 15 is 0 Å². The van der Waals surface area contributed by atoms with Crippen molar-refractivity contribution in [2.45, 2.75) is 32.9 Å². The molecule has 0 fully saturated rings. The van der Waals surface area contributed by atoms with Crippen LogP contribution >= 0.6 is 46.4 Å². The Balaban J connectivity index is 2.33. The lowest BCUT2D eigenvalue weighted by Crippen LogP contribution is -2.48. The maximum atomic E-state index is 13.1. The Labute approximate surface area is 184 Å². The molecule has 2 amide bonds. The van der Waals surface area contributed by atoms with Gasteiger partial charge in [0.1, 0.15) is 6.04 Å². The lowest BCUT2D eigenvalue weighted by molar-refractivity contribution is -0.140. The van der Waals surface area contributed by atoms with Crippen LogP contribution in [0.15, 0.2) is 36.4 Å². The standard InChI is InChI=1S/C20H20Cl4N2O2/c1-3-25-20(28)12(2)26(11-15-16(22)5-4-6-17(15)23)19(27)9-13-7-8-14(21)10-18(13)24/h4-8,10,12H,3,9,11H2,1-2H3,(H,25,28). The van der Waals surface area contributed by atoms with Crippen molar-refractivity contribution in [2.24, 2.45) is 0 Å². The molecule has 0 saturated carbocycles. The second kappa shape index (κ2) is 10.4. The number of nitrogens with one attached hydrogen (secondary N) is 1. The van der Waals surface area contributed by atoms with Crippen LogP contribution in [0.25, 0.3) is 0 Å². The second-order valence-corrected chi connectivity index (χ2v) is 7.86. The number of likely N-dealkylation sites (N-methyl/N-ethyl adjacent to an activating group) is 1. The first-order chi connectivity index (χ1) is 13.2. The smallest absolute Gasteiger partial charge is 0.242 e. The van der Waals surface area contributed by atoms with Gasteiger partial charge in [-0.3, -0.25) is 9.59 Å². The molecule has 0 saturated heterocycles. The third-order valence-corrected chi connectivity index (χ3v) is 5.56. The normalized spacial score (nSPS) is 11.8. The quantitative estimate of drug-likeness (QED) is 0.600. The minimum atomic E-state index is -0.717. The molecule has 150 valence electrons. The molecule has 0 aliphatic rings. The molecule has 28 heavy (non-hydrogen) atoms. The number of nitrogens with zero attached hydrogens (tertiary/aromatic N) is 1. The fourth-order valence-electron chi connectivity index (χ4n) is 2.69. The summed E-state index contributed by atoms with van der Waals surface area (Å²) >= 11 is 24.7. The summed E-state index contributed by atoms with van der Waals surface area (Å²) in [6.45, 7) is 4.04. The van der Waals surface area contributed by atoms with Crippen molar-refractivity contribution in [2.75, 3.05) is 6.54 Å². The highest BCUT2D eigenvalue weighted by Crippen LogP contribution is 2.27. The highest BCUT2D eigenvalue weighted by atomic mass is 35.5. The van der Waals surface area contributed by atoms with Crippen molar-refractivity contribution in [3.63, 3.8) is 0 Å². The predicted octanol–water partition coefficient (Wildman–Crippen LogP) is 5.40. The molecule has 0 radical (unpaired) electrons. The van der Waals surface area contributed by atoms with Gasteiger partial charge in [0.2, 0.25) is 11.8 Å². The van der Waals surface area contributed by atoms with Crippen LogP contribution in [0, 0.1) is 0 Å². The van der Waals surface area contributed by atoms with Gasteiger partial charge >= 0.3 is 0 Å². The fraction of sp³-hybridized carbons (Fsp3) is 0.300. The third kappa shape index (κ3) is 5.77. The number of rotatable bonds is 7. The van der Waals surface area contributed by atoms with Crippen LogP contribution in [0.3, 0.4) is 0 Å². The Morgan fingerprint density at radius 1 is 1.04 bits per heavy atom. The highest BCUT2D eigenvalue weighted by Gasteiger charge is 2.27. The monoisotopic (exact) mass is 460 g/mol. The van der Waals surface area contributed by atoms with Gasteiger partial charge in [0.25, 0.3) is 0 Å². The number of hydrogen-bond acceptors (Lipinski definition) is 2. The van der Waals surface area contributed by atoms with E-state index in [0.717, 1.165) is 0 Å². The summed E-state index contributed by atoms with van der Waals surface area (Å²) in [4.78, 5) is 26.9. The van der Waals surface area contributed by atoms with Gasteiger partial charge in [-0.1, -0.05) is 58.5 Å². The van der Waals surface area contributed by atoms with E-state index < -0.39 is 6.04 Å².